The zero-order chi connectivity index (χ0) is 12.7. The Morgan fingerprint density at radius 1 is 1.44 bits per heavy atom. The first kappa shape index (κ1) is 11.6. The van der Waals surface area contributed by atoms with Crippen LogP contribution in [-0.2, 0) is 0 Å². The molecule has 0 radical (unpaired) electrons. The third kappa shape index (κ3) is 1.88. The van der Waals surface area contributed by atoms with Gasteiger partial charge in [-0.3, -0.25) is 4.79 Å². The number of carbonyl (C=O) groups excluding carboxylic acids is 1. The lowest BCUT2D eigenvalue weighted by Crippen LogP contribution is -2.33. The number of phenols is 1. The van der Waals surface area contributed by atoms with E-state index in [1.807, 2.05) is 0 Å². The molecule has 4 rings (SSSR count). The Balaban J connectivity index is 1.56. The number of carbonyl (C=O) groups is 1. The molecule has 3 aliphatic carbocycles. The molecule has 4 atom stereocenters. The standard InChI is InChI=1S/C15H19NO2/c1-9-11-5-12(14(9)7-11)8-16-15(18)10-3-2-4-13(17)6-10/h2-4,6,9,11-12,14,17H,5,7-8H2,1H3,(H,16,18)/t9-,11?,12?,14?/m1/s1. The van der Waals surface area contributed by atoms with Gasteiger partial charge >= 0.3 is 0 Å². The fraction of sp³-hybridized carbons (Fsp3) is 0.533. The monoisotopic (exact) mass is 245 g/mol. The summed E-state index contributed by atoms with van der Waals surface area (Å²) in [6.07, 6.45) is 2.62. The van der Waals surface area contributed by atoms with E-state index in [9.17, 15) is 9.90 Å². The highest BCUT2D eigenvalue weighted by Gasteiger charge is 2.49. The summed E-state index contributed by atoms with van der Waals surface area (Å²) < 4.78 is 0. The Hall–Kier alpha value is -1.51. The van der Waals surface area contributed by atoms with Gasteiger partial charge in [-0.1, -0.05) is 13.0 Å². The topological polar surface area (TPSA) is 49.3 Å². The summed E-state index contributed by atoms with van der Waals surface area (Å²) in [5.41, 5.74) is 0.536. The highest BCUT2D eigenvalue weighted by Crippen LogP contribution is 2.56. The van der Waals surface area contributed by atoms with E-state index in [1.165, 1.54) is 18.9 Å². The molecule has 3 unspecified atom stereocenters. The molecule has 3 heteroatoms. The van der Waals surface area contributed by atoms with Crippen LogP contribution in [0, 0.1) is 23.7 Å². The normalized spacial score (nSPS) is 32.9. The van der Waals surface area contributed by atoms with Crippen molar-refractivity contribution in [2.75, 3.05) is 6.54 Å². The first-order chi connectivity index (χ1) is 8.65. The summed E-state index contributed by atoms with van der Waals surface area (Å²) in [5, 5.41) is 12.3. The maximum Gasteiger partial charge on any atom is 0.251 e. The average molecular weight is 245 g/mol. The van der Waals surface area contributed by atoms with Crippen LogP contribution in [0.25, 0.3) is 0 Å². The van der Waals surface area contributed by atoms with Crippen molar-refractivity contribution >= 4 is 5.91 Å². The second kappa shape index (κ2) is 4.30. The average Bonchev–Trinajstić information content (AvgIpc) is 2.92. The molecule has 0 heterocycles. The van der Waals surface area contributed by atoms with Crippen LogP contribution >= 0.6 is 0 Å². The molecule has 0 aliphatic heterocycles. The third-order valence-electron chi connectivity index (χ3n) is 4.84. The van der Waals surface area contributed by atoms with Gasteiger partial charge in [-0.05, 0) is 54.7 Å². The number of hydrogen-bond donors (Lipinski definition) is 2. The van der Waals surface area contributed by atoms with Gasteiger partial charge in [-0.15, -0.1) is 0 Å². The van der Waals surface area contributed by atoms with Gasteiger partial charge in [0.15, 0.2) is 0 Å². The molecule has 2 N–H and O–H groups in total. The predicted octanol–water partition coefficient (Wildman–Crippen LogP) is 2.41. The van der Waals surface area contributed by atoms with Crippen molar-refractivity contribution in [2.45, 2.75) is 19.8 Å². The second-order valence-corrected chi connectivity index (χ2v) is 5.77. The Bertz CT molecular complexity index is 471. The van der Waals surface area contributed by atoms with Crippen molar-refractivity contribution in [3.63, 3.8) is 0 Å². The van der Waals surface area contributed by atoms with Crippen LogP contribution in [0.4, 0.5) is 0 Å². The molecular weight excluding hydrogens is 226 g/mol. The highest BCUT2D eigenvalue weighted by atomic mass is 16.3. The van der Waals surface area contributed by atoms with Crippen molar-refractivity contribution in [3.8, 4) is 5.75 Å². The van der Waals surface area contributed by atoms with E-state index >= 15 is 0 Å². The van der Waals surface area contributed by atoms with E-state index in [0.717, 1.165) is 24.3 Å². The van der Waals surface area contributed by atoms with E-state index in [1.54, 1.807) is 18.2 Å². The van der Waals surface area contributed by atoms with Crippen LogP contribution in [-0.4, -0.2) is 17.6 Å². The van der Waals surface area contributed by atoms with E-state index < -0.39 is 0 Å². The predicted molar refractivity (Wildman–Crippen MR) is 69.3 cm³/mol. The van der Waals surface area contributed by atoms with E-state index in [0.29, 0.717) is 11.5 Å². The molecule has 2 bridgehead atoms. The van der Waals surface area contributed by atoms with Crippen LogP contribution < -0.4 is 5.32 Å². The van der Waals surface area contributed by atoms with Crippen LogP contribution in [0.1, 0.15) is 30.1 Å². The molecule has 0 saturated heterocycles. The van der Waals surface area contributed by atoms with Gasteiger partial charge < -0.3 is 10.4 Å². The van der Waals surface area contributed by atoms with E-state index in [2.05, 4.69) is 12.2 Å². The van der Waals surface area contributed by atoms with Gasteiger partial charge in [0.1, 0.15) is 5.75 Å². The lowest BCUT2D eigenvalue weighted by Gasteiger charge is -2.33. The molecule has 0 aromatic heterocycles. The number of nitrogens with one attached hydrogen (secondary N) is 1. The summed E-state index contributed by atoms with van der Waals surface area (Å²) in [7, 11) is 0. The molecule has 96 valence electrons. The molecule has 1 aromatic rings. The zero-order valence-electron chi connectivity index (χ0n) is 10.6. The zero-order valence-corrected chi connectivity index (χ0v) is 10.6. The Morgan fingerprint density at radius 2 is 2.28 bits per heavy atom. The fourth-order valence-corrected chi connectivity index (χ4v) is 3.64. The maximum atomic E-state index is 11.9. The van der Waals surface area contributed by atoms with Crippen molar-refractivity contribution in [1.29, 1.82) is 0 Å². The lowest BCUT2D eigenvalue weighted by atomic mass is 9.72. The van der Waals surface area contributed by atoms with Gasteiger partial charge in [-0.25, -0.2) is 0 Å². The molecule has 3 nitrogen and oxygen atoms in total. The van der Waals surface area contributed by atoms with Gasteiger partial charge in [0.05, 0.1) is 0 Å². The lowest BCUT2D eigenvalue weighted by molar-refractivity contribution is 0.0937. The number of benzene rings is 1. The number of fused-ring (bicyclic) bond motifs is 1. The molecule has 3 aliphatic rings. The quantitative estimate of drug-likeness (QED) is 0.859. The van der Waals surface area contributed by atoms with Crippen molar-refractivity contribution < 1.29 is 9.90 Å². The number of amides is 1. The number of hydrogen-bond acceptors (Lipinski definition) is 2. The summed E-state index contributed by atoms with van der Waals surface area (Å²) in [4.78, 5) is 11.9. The largest absolute Gasteiger partial charge is 0.508 e. The first-order valence-corrected chi connectivity index (χ1v) is 6.72. The second-order valence-electron chi connectivity index (χ2n) is 5.77. The summed E-state index contributed by atoms with van der Waals surface area (Å²) in [5.74, 6) is 3.29. The smallest absolute Gasteiger partial charge is 0.251 e. The molecule has 3 fully saturated rings. The highest BCUT2D eigenvalue weighted by molar-refractivity contribution is 5.94. The Morgan fingerprint density at radius 3 is 2.89 bits per heavy atom. The summed E-state index contributed by atoms with van der Waals surface area (Å²) >= 11 is 0. The van der Waals surface area contributed by atoms with Crippen LogP contribution in [0.2, 0.25) is 0 Å². The van der Waals surface area contributed by atoms with Crippen molar-refractivity contribution in [2.24, 2.45) is 23.7 Å². The van der Waals surface area contributed by atoms with Crippen LogP contribution in [0.5, 0.6) is 5.75 Å². The Labute approximate surface area is 107 Å². The van der Waals surface area contributed by atoms with Crippen molar-refractivity contribution in [3.05, 3.63) is 29.8 Å². The van der Waals surface area contributed by atoms with Gasteiger partial charge in [0.2, 0.25) is 0 Å². The summed E-state index contributed by atoms with van der Waals surface area (Å²) in [6, 6.07) is 6.50. The van der Waals surface area contributed by atoms with Gasteiger partial charge in [0.25, 0.3) is 5.91 Å². The van der Waals surface area contributed by atoms with Crippen molar-refractivity contribution in [1.82, 2.24) is 5.32 Å². The number of phenolic OH excluding ortho intramolecular Hbond substituents is 1. The SMILES string of the molecule is C[C@@H]1C2CC(CNC(=O)c3cccc(O)c3)C1C2. The minimum absolute atomic E-state index is 0.0809. The molecule has 1 aromatic carbocycles. The summed E-state index contributed by atoms with van der Waals surface area (Å²) in [6.45, 7) is 3.11. The minimum Gasteiger partial charge on any atom is -0.508 e. The first-order valence-electron chi connectivity index (χ1n) is 6.72. The number of rotatable bonds is 3. The third-order valence-corrected chi connectivity index (χ3v) is 4.84. The van der Waals surface area contributed by atoms with E-state index in [4.69, 9.17) is 0 Å². The molecular formula is C15H19NO2. The minimum atomic E-state index is -0.0809. The maximum absolute atomic E-state index is 11.9. The number of aromatic hydroxyl groups is 1. The van der Waals surface area contributed by atoms with Crippen LogP contribution in [0.3, 0.4) is 0 Å². The Kier molecular flexibility index (Phi) is 2.77. The molecule has 18 heavy (non-hydrogen) atoms. The molecule has 3 saturated carbocycles. The van der Waals surface area contributed by atoms with Gasteiger partial charge in [-0.2, -0.15) is 0 Å². The fourth-order valence-electron chi connectivity index (χ4n) is 3.64. The van der Waals surface area contributed by atoms with Gasteiger partial charge in [0, 0.05) is 12.1 Å². The van der Waals surface area contributed by atoms with Crippen LogP contribution in [0.15, 0.2) is 24.3 Å². The van der Waals surface area contributed by atoms with E-state index in [-0.39, 0.29) is 11.7 Å². The molecule has 0 spiro atoms. The molecule has 1 amide bonds.